The lowest BCUT2D eigenvalue weighted by molar-refractivity contribution is 0.0697. The molecule has 1 aliphatic rings. The number of aliphatic hydroxyl groups is 1. The van der Waals surface area contributed by atoms with Gasteiger partial charge in [-0.25, -0.2) is 4.79 Å². The number of anilines is 1. The van der Waals surface area contributed by atoms with Crippen LogP contribution in [0.4, 0.5) is 6.01 Å². The molecule has 0 bridgehead atoms. The molecule has 1 aromatic heterocycles. The molecule has 2 unspecified atom stereocenters. The number of nitrogens with zero attached hydrogens (tertiary/aromatic N) is 1. The average Bonchev–Trinajstić information content (AvgIpc) is 2.87. The molecule has 0 radical (unpaired) electrons. The molecule has 0 saturated heterocycles. The average molecular weight is 290 g/mol. The quantitative estimate of drug-likeness (QED) is 0.800. The molecule has 0 aliphatic heterocycles. The van der Waals surface area contributed by atoms with Crippen molar-refractivity contribution in [2.75, 3.05) is 11.9 Å². The molecule has 2 atom stereocenters. The number of rotatable bonds is 4. The predicted octanol–water partition coefficient (Wildman–Crippen LogP) is 2.49. The molecule has 21 heavy (non-hydrogen) atoms. The van der Waals surface area contributed by atoms with Crippen molar-refractivity contribution in [3.63, 3.8) is 0 Å². The van der Waals surface area contributed by atoms with Crippen LogP contribution in [0.15, 0.2) is 22.6 Å². The number of aromatic nitrogens is 1. The van der Waals surface area contributed by atoms with Gasteiger partial charge in [-0.1, -0.05) is 6.42 Å². The third-order valence-electron chi connectivity index (χ3n) is 3.93. The highest BCUT2D eigenvalue weighted by Crippen LogP contribution is 2.25. The van der Waals surface area contributed by atoms with Gasteiger partial charge in [-0.2, -0.15) is 4.98 Å². The topological polar surface area (TPSA) is 95.6 Å². The monoisotopic (exact) mass is 290 g/mol. The number of aliphatic hydroxyl groups excluding tert-OH is 1. The van der Waals surface area contributed by atoms with Crippen molar-refractivity contribution in [2.45, 2.75) is 31.8 Å². The van der Waals surface area contributed by atoms with Gasteiger partial charge in [0, 0.05) is 6.54 Å². The summed E-state index contributed by atoms with van der Waals surface area (Å²) in [5.41, 5.74) is 1.27. The van der Waals surface area contributed by atoms with Gasteiger partial charge in [0.05, 0.1) is 11.7 Å². The predicted molar refractivity (Wildman–Crippen MR) is 77.4 cm³/mol. The van der Waals surface area contributed by atoms with E-state index < -0.39 is 5.97 Å². The second kappa shape index (κ2) is 5.73. The Kier molecular flexibility index (Phi) is 3.79. The fourth-order valence-corrected chi connectivity index (χ4v) is 2.81. The minimum Gasteiger partial charge on any atom is -0.478 e. The lowest BCUT2D eigenvalue weighted by Gasteiger charge is -2.25. The zero-order chi connectivity index (χ0) is 14.8. The van der Waals surface area contributed by atoms with Crippen molar-refractivity contribution in [1.82, 2.24) is 4.98 Å². The second-order valence-corrected chi connectivity index (χ2v) is 5.57. The number of hydrogen-bond donors (Lipinski definition) is 3. The minimum absolute atomic E-state index is 0.181. The first-order valence-electron chi connectivity index (χ1n) is 7.17. The van der Waals surface area contributed by atoms with Crippen LogP contribution in [0.25, 0.3) is 11.1 Å². The van der Waals surface area contributed by atoms with E-state index in [0.29, 0.717) is 29.6 Å². The smallest absolute Gasteiger partial charge is 0.335 e. The normalized spacial score (nSPS) is 22.3. The lowest BCUT2D eigenvalue weighted by atomic mass is 9.87. The van der Waals surface area contributed by atoms with E-state index in [1.54, 1.807) is 6.07 Å². The molecule has 112 valence electrons. The number of carboxylic acids is 1. The van der Waals surface area contributed by atoms with Gasteiger partial charge in [-0.15, -0.1) is 0 Å². The van der Waals surface area contributed by atoms with Crippen molar-refractivity contribution in [1.29, 1.82) is 0 Å². The fourth-order valence-electron chi connectivity index (χ4n) is 2.81. The van der Waals surface area contributed by atoms with E-state index in [1.165, 1.54) is 12.1 Å². The summed E-state index contributed by atoms with van der Waals surface area (Å²) in [6, 6.07) is 5.01. The number of carboxylic acid groups (broad SMARTS) is 1. The van der Waals surface area contributed by atoms with Gasteiger partial charge >= 0.3 is 5.97 Å². The molecule has 3 N–H and O–H groups in total. The highest BCUT2D eigenvalue weighted by molar-refractivity contribution is 5.92. The molecular formula is C15H18N2O4. The molecule has 0 spiro atoms. The molecule has 1 fully saturated rings. The molecule has 1 heterocycles. The summed E-state index contributed by atoms with van der Waals surface area (Å²) in [5.74, 6) is -0.572. The molecular weight excluding hydrogens is 272 g/mol. The minimum atomic E-state index is -0.987. The van der Waals surface area contributed by atoms with E-state index in [4.69, 9.17) is 9.52 Å². The molecule has 6 heteroatoms. The highest BCUT2D eigenvalue weighted by Gasteiger charge is 2.20. The number of hydrogen-bond acceptors (Lipinski definition) is 5. The lowest BCUT2D eigenvalue weighted by Crippen LogP contribution is -2.25. The van der Waals surface area contributed by atoms with Crippen molar-refractivity contribution >= 4 is 23.1 Å². The maximum absolute atomic E-state index is 10.9. The van der Waals surface area contributed by atoms with Crippen LogP contribution in [0.3, 0.4) is 0 Å². The van der Waals surface area contributed by atoms with Gasteiger partial charge in [-0.3, -0.25) is 0 Å². The van der Waals surface area contributed by atoms with Crippen molar-refractivity contribution in [3.05, 3.63) is 23.8 Å². The van der Waals surface area contributed by atoms with Gasteiger partial charge < -0.3 is 19.9 Å². The van der Waals surface area contributed by atoms with Gasteiger partial charge in [0.2, 0.25) is 0 Å². The Morgan fingerprint density at radius 1 is 1.43 bits per heavy atom. The van der Waals surface area contributed by atoms with E-state index in [1.807, 2.05) is 0 Å². The van der Waals surface area contributed by atoms with E-state index in [2.05, 4.69) is 10.3 Å². The summed E-state index contributed by atoms with van der Waals surface area (Å²) in [5, 5.41) is 21.7. The zero-order valence-electron chi connectivity index (χ0n) is 11.6. The van der Waals surface area contributed by atoms with Crippen LogP contribution in [-0.4, -0.2) is 33.8 Å². The number of carbonyl (C=O) groups is 1. The molecule has 1 aromatic carbocycles. The first kappa shape index (κ1) is 13.9. The van der Waals surface area contributed by atoms with Crippen LogP contribution >= 0.6 is 0 Å². The van der Waals surface area contributed by atoms with Crippen molar-refractivity contribution in [3.8, 4) is 0 Å². The van der Waals surface area contributed by atoms with Gasteiger partial charge in [-0.05, 0) is 43.4 Å². The Labute approximate surface area is 121 Å². The summed E-state index contributed by atoms with van der Waals surface area (Å²) in [4.78, 5) is 15.2. The Balaban J connectivity index is 1.68. The highest BCUT2D eigenvalue weighted by atomic mass is 16.4. The molecule has 1 aliphatic carbocycles. The van der Waals surface area contributed by atoms with Crippen molar-refractivity contribution < 1.29 is 19.4 Å². The Morgan fingerprint density at radius 3 is 3.05 bits per heavy atom. The maximum Gasteiger partial charge on any atom is 0.335 e. The summed E-state index contributed by atoms with van der Waals surface area (Å²) >= 11 is 0. The standard InChI is InChI=1S/C15H18N2O4/c18-11-3-1-2-9(6-11)8-16-15-17-12-5-4-10(14(19)20)7-13(12)21-15/h4-5,7,9,11,18H,1-3,6,8H2,(H,16,17)(H,19,20). The summed E-state index contributed by atoms with van der Waals surface area (Å²) in [6.07, 6.45) is 3.62. The van der Waals surface area contributed by atoms with Crippen LogP contribution in [0.5, 0.6) is 0 Å². The summed E-state index contributed by atoms with van der Waals surface area (Å²) in [7, 11) is 0. The third kappa shape index (κ3) is 3.16. The van der Waals surface area contributed by atoms with Crippen LogP contribution in [0.1, 0.15) is 36.0 Å². The number of nitrogens with one attached hydrogen (secondary N) is 1. The Hall–Kier alpha value is -2.08. The molecule has 3 rings (SSSR count). The van der Waals surface area contributed by atoms with E-state index in [9.17, 15) is 9.90 Å². The summed E-state index contributed by atoms with van der Waals surface area (Å²) in [6.45, 7) is 0.704. The third-order valence-corrected chi connectivity index (χ3v) is 3.93. The summed E-state index contributed by atoms with van der Waals surface area (Å²) < 4.78 is 5.53. The van der Waals surface area contributed by atoms with Crippen molar-refractivity contribution in [2.24, 2.45) is 5.92 Å². The number of fused-ring (bicyclic) bond motifs is 1. The van der Waals surface area contributed by atoms with Crippen LogP contribution in [0.2, 0.25) is 0 Å². The van der Waals surface area contributed by atoms with Crippen LogP contribution in [-0.2, 0) is 0 Å². The second-order valence-electron chi connectivity index (χ2n) is 5.57. The van der Waals surface area contributed by atoms with Gasteiger partial charge in [0.1, 0.15) is 5.52 Å². The van der Waals surface area contributed by atoms with E-state index in [0.717, 1.165) is 25.7 Å². The molecule has 1 saturated carbocycles. The Morgan fingerprint density at radius 2 is 2.29 bits per heavy atom. The van der Waals surface area contributed by atoms with Crippen LogP contribution < -0.4 is 5.32 Å². The van der Waals surface area contributed by atoms with Gasteiger partial charge in [0.15, 0.2) is 5.58 Å². The fraction of sp³-hybridized carbons (Fsp3) is 0.467. The SMILES string of the molecule is O=C(O)c1ccc2nc(NCC3CCCC(O)C3)oc2c1. The first-order valence-corrected chi connectivity index (χ1v) is 7.17. The van der Waals surface area contributed by atoms with E-state index in [-0.39, 0.29) is 11.7 Å². The first-order chi connectivity index (χ1) is 10.1. The molecule has 6 nitrogen and oxygen atoms in total. The number of aromatic carboxylic acids is 1. The zero-order valence-corrected chi connectivity index (χ0v) is 11.6. The number of oxazole rings is 1. The Bertz CT molecular complexity index is 652. The largest absolute Gasteiger partial charge is 0.478 e. The van der Waals surface area contributed by atoms with Crippen LogP contribution in [0, 0.1) is 5.92 Å². The molecule has 0 amide bonds. The maximum atomic E-state index is 10.9. The van der Waals surface area contributed by atoms with Gasteiger partial charge in [0.25, 0.3) is 6.01 Å². The molecule has 2 aromatic rings. The number of benzene rings is 1. The van der Waals surface area contributed by atoms with E-state index >= 15 is 0 Å².